The molecule has 0 unspecified atom stereocenters. The predicted octanol–water partition coefficient (Wildman–Crippen LogP) is -1.35. The zero-order valence-corrected chi connectivity index (χ0v) is 22.4. The minimum Gasteiger partial charge on any atom is -0.870 e. The number of H-pyrrole nitrogens is 2. The molecule has 0 aromatic carbocycles. The number of aromatic amines is 2. The van der Waals surface area contributed by atoms with Gasteiger partial charge in [0, 0.05) is 0 Å². The van der Waals surface area contributed by atoms with Crippen molar-refractivity contribution in [1.82, 2.24) is 19.9 Å². The molecule has 38 heavy (non-hydrogen) atoms. The molecule has 0 saturated heterocycles. The number of carboxylic acids is 1. The number of nitrogens with one attached hydrogen (secondary N) is 4. The van der Waals surface area contributed by atoms with Crippen molar-refractivity contribution in [3.63, 3.8) is 0 Å². The van der Waals surface area contributed by atoms with E-state index >= 15 is 0 Å². The first-order chi connectivity index (χ1) is 17.4. The summed E-state index contributed by atoms with van der Waals surface area (Å²) in [6.07, 6.45) is 5.27. The number of aromatic nitrogens is 4. The van der Waals surface area contributed by atoms with E-state index in [2.05, 4.69) is 30.6 Å². The van der Waals surface area contributed by atoms with Gasteiger partial charge >= 0.3 is 41.5 Å². The third kappa shape index (κ3) is 9.36. The van der Waals surface area contributed by atoms with Crippen LogP contribution >= 0.6 is 0 Å². The van der Waals surface area contributed by atoms with Gasteiger partial charge in [-0.25, -0.2) is 19.6 Å². The number of rotatable bonds is 9. The molecule has 0 aliphatic heterocycles. The number of furan rings is 2. The predicted molar refractivity (Wildman–Crippen MR) is 127 cm³/mol. The SMILES string of the molecule is CCOC(=O)c1cnc(NCc2ccco2)[nH]c1=O.O=C(O)c1cnc(NCc2ccco2)[nH]c1=O.[Na+].[OH-]. The molecule has 16 heteroatoms. The molecule has 0 spiro atoms. The van der Waals surface area contributed by atoms with Crippen molar-refractivity contribution in [2.24, 2.45) is 0 Å². The van der Waals surface area contributed by atoms with Gasteiger partial charge in [-0.05, 0) is 31.2 Å². The summed E-state index contributed by atoms with van der Waals surface area (Å²) in [6.45, 7) is 2.60. The molecule has 4 aromatic rings. The van der Waals surface area contributed by atoms with Crippen LogP contribution in [0.15, 0.2) is 67.6 Å². The third-order valence-corrected chi connectivity index (χ3v) is 4.34. The topological polar surface area (TPSA) is 235 Å². The molecule has 0 radical (unpaired) electrons. The van der Waals surface area contributed by atoms with Crippen LogP contribution in [0.3, 0.4) is 0 Å². The fourth-order valence-corrected chi connectivity index (χ4v) is 2.64. The zero-order chi connectivity index (χ0) is 25.9. The Hall–Kier alpha value is -4.18. The Balaban J connectivity index is 0.000000363. The smallest absolute Gasteiger partial charge is 0.870 e. The molecule has 15 nitrogen and oxygen atoms in total. The Morgan fingerprint density at radius 2 is 1.39 bits per heavy atom. The summed E-state index contributed by atoms with van der Waals surface area (Å²) in [7, 11) is 0. The summed E-state index contributed by atoms with van der Waals surface area (Å²) in [5.41, 5.74) is -1.76. The molecule has 0 fully saturated rings. The molecule has 4 heterocycles. The number of hydrogen-bond acceptors (Lipinski definition) is 12. The number of esters is 1. The van der Waals surface area contributed by atoms with E-state index < -0.39 is 28.6 Å². The maximum Gasteiger partial charge on any atom is 1.00 e. The van der Waals surface area contributed by atoms with E-state index in [4.69, 9.17) is 18.7 Å². The molecule has 0 atom stereocenters. The van der Waals surface area contributed by atoms with Gasteiger partial charge in [-0.3, -0.25) is 19.6 Å². The van der Waals surface area contributed by atoms with Crippen LogP contribution < -0.4 is 51.3 Å². The second-order valence-electron chi connectivity index (χ2n) is 6.84. The van der Waals surface area contributed by atoms with Crippen molar-refractivity contribution in [1.29, 1.82) is 0 Å². The molecule has 0 bridgehead atoms. The van der Waals surface area contributed by atoms with E-state index in [0.717, 1.165) is 6.20 Å². The van der Waals surface area contributed by atoms with Gasteiger partial charge in [0.15, 0.2) is 0 Å². The van der Waals surface area contributed by atoms with Crippen molar-refractivity contribution in [3.05, 3.63) is 92.5 Å². The summed E-state index contributed by atoms with van der Waals surface area (Å²) in [5, 5.41) is 14.3. The maximum absolute atomic E-state index is 11.7. The Kier molecular flexibility index (Phi) is 13.3. The minimum atomic E-state index is -1.31. The van der Waals surface area contributed by atoms with Crippen LogP contribution in [0.4, 0.5) is 11.9 Å². The summed E-state index contributed by atoms with van der Waals surface area (Å²) >= 11 is 0. The molecule has 0 aliphatic rings. The van der Waals surface area contributed by atoms with Gasteiger partial charge in [-0.2, -0.15) is 0 Å². The van der Waals surface area contributed by atoms with Crippen molar-refractivity contribution >= 4 is 23.8 Å². The number of anilines is 2. The molecule has 4 aromatic heterocycles. The number of hydrogen-bond donors (Lipinski definition) is 5. The normalized spacial score (nSPS) is 9.61. The number of aromatic carboxylic acids is 1. The van der Waals surface area contributed by atoms with Crippen LogP contribution in [0.1, 0.15) is 39.2 Å². The van der Waals surface area contributed by atoms with Crippen LogP contribution in [0, 0.1) is 0 Å². The number of carbonyl (C=O) groups is 2. The first-order valence-electron chi connectivity index (χ1n) is 10.5. The Morgan fingerprint density at radius 1 is 0.921 bits per heavy atom. The van der Waals surface area contributed by atoms with Gasteiger partial charge < -0.3 is 34.8 Å². The van der Waals surface area contributed by atoms with Gasteiger partial charge in [0.05, 0.1) is 44.6 Å². The maximum atomic E-state index is 11.7. The van der Waals surface area contributed by atoms with Crippen molar-refractivity contribution in [2.75, 3.05) is 17.2 Å². The Bertz CT molecular complexity index is 1400. The number of nitrogens with zero attached hydrogens (tertiary/aromatic N) is 2. The third-order valence-electron chi connectivity index (χ3n) is 4.34. The first-order valence-corrected chi connectivity index (χ1v) is 10.5. The monoisotopic (exact) mass is 538 g/mol. The van der Waals surface area contributed by atoms with Crippen LogP contribution in [-0.2, 0) is 17.8 Å². The summed E-state index contributed by atoms with van der Waals surface area (Å²) in [6, 6.07) is 7.05. The average molecular weight is 538 g/mol. The molecular formula is C22H23N6NaO9. The van der Waals surface area contributed by atoms with E-state index in [9.17, 15) is 19.2 Å². The fraction of sp³-hybridized carbons (Fsp3) is 0.182. The van der Waals surface area contributed by atoms with Gasteiger partial charge in [0.25, 0.3) is 11.1 Å². The summed E-state index contributed by atoms with van der Waals surface area (Å²) in [4.78, 5) is 57.4. The standard InChI is InChI=1S/C12H13N3O4.C10H9N3O4.Na.H2O/c1-2-18-11(17)9-7-14-12(15-10(9)16)13-6-8-4-3-5-19-8;14-8-7(9(15)16)5-12-10(13-8)11-4-6-2-1-3-17-6;;/h3-5,7H,2,6H2,1H3,(H2,13,14,15,16);1-3,5H,4H2,(H,15,16)(H2,11,12,13,14);;1H2/q;;+1;/p-1. The number of ether oxygens (including phenoxy) is 1. The van der Waals surface area contributed by atoms with Gasteiger partial charge in [-0.15, -0.1) is 0 Å². The zero-order valence-electron chi connectivity index (χ0n) is 20.4. The molecule has 196 valence electrons. The second kappa shape index (κ2) is 15.8. The molecular weight excluding hydrogens is 515 g/mol. The van der Waals surface area contributed by atoms with Crippen LogP contribution in [0.2, 0.25) is 0 Å². The number of carboxylic acid groups (broad SMARTS) is 1. The van der Waals surface area contributed by atoms with E-state index in [0.29, 0.717) is 24.6 Å². The van der Waals surface area contributed by atoms with Gasteiger partial charge in [-0.1, -0.05) is 0 Å². The van der Waals surface area contributed by atoms with E-state index in [1.54, 1.807) is 37.5 Å². The largest absolute Gasteiger partial charge is 1.00 e. The first kappa shape index (κ1) is 31.8. The van der Waals surface area contributed by atoms with Crippen molar-refractivity contribution in [2.45, 2.75) is 20.0 Å². The van der Waals surface area contributed by atoms with Crippen molar-refractivity contribution in [3.8, 4) is 0 Å². The van der Waals surface area contributed by atoms with E-state index in [1.165, 1.54) is 12.5 Å². The summed E-state index contributed by atoms with van der Waals surface area (Å²) in [5.74, 6) is -0.164. The van der Waals surface area contributed by atoms with Crippen LogP contribution in [-0.4, -0.2) is 49.1 Å². The van der Waals surface area contributed by atoms with Crippen molar-refractivity contribution < 1.29 is 63.3 Å². The molecule has 0 aliphatic carbocycles. The molecule has 0 amide bonds. The fourth-order valence-electron chi connectivity index (χ4n) is 2.64. The quantitative estimate of drug-likeness (QED) is 0.123. The Labute approximate surface area is 236 Å². The Morgan fingerprint density at radius 3 is 1.76 bits per heavy atom. The molecule has 4 rings (SSSR count). The van der Waals surface area contributed by atoms with Gasteiger partial charge in [0.1, 0.15) is 22.6 Å². The second-order valence-corrected chi connectivity index (χ2v) is 6.84. The van der Waals surface area contributed by atoms with Crippen LogP contribution in [0.25, 0.3) is 0 Å². The number of carbonyl (C=O) groups excluding carboxylic acids is 1. The summed E-state index contributed by atoms with van der Waals surface area (Å²) < 4.78 is 14.9. The van der Waals surface area contributed by atoms with E-state index in [-0.39, 0.29) is 59.1 Å². The average Bonchev–Trinajstić information content (AvgIpc) is 3.56. The van der Waals surface area contributed by atoms with Crippen LogP contribution in [0.5, 0.6) is 0 Å². The van der Waals surface area contributed by atoms with E-state index in [1.807, 2.05) is 0 Å². The van der Waals surface area contributed by atoms with Gasteiger partial charge in [0.2, 0.25) is 11.9 Å². The molecule has 6 N–H and O–H groups in total. The minimum absolute atomic E-state index is 0. The molecule has 0 saturated carbocycles.